The average molecular weight is 367 g/mol. The van der Waals surface area contributed by atoms with Crippen molar-refractivity contribution in [1.82, 2.24) is 19.5 Å². The van der Waals surface area contributed by atoms with Crippen LogP contribution in [-0.2, 0) is 11.2 Å². The summed E-state index contributed by atoms with van der Waals surface area (Å²) < 4.78 is 7.36. The van der Waals surface area contributed by atoms with Gasteiger partial charge in [0.05, 0.1) is 18.5 Å². The van der Waals surface area contributed by atoms with E-state index in [4.69, 9.17) is 4.74 Å². The first-order chi connectivity index (χ1) is 13.1. The molecule has 1 aliphatic heterocycles. The molecule has 27 heavy (non-hydrogen) atoms. The summed E-state index contributed by atoms with van der Waals surface area (Å²) in [4.78, 5) is 13.2. The Kier molecular flexibility index (Phi) is 3.85. The second-order valence-corrected chi connectivity index (χ2v) is 7.19. The van der Waals surface area contributed by atoms with Crippen LogP contribution in [0.5, 0.6) is 0 Å². The van der Waals surface area contributed by atoms with Crippen LogP contribution in [0.1, 0.15) is 36.7 Å². The molecule has 1 aromatic carbocycles. The van der Waals surface area contributed by atoms with Gasteiger partial charge in [-0.3, -0.25) is 4.57 Å². The molecule has 1 fully saturated rings. The highest BCUT2D eigenvalue weighted by molar-refractivity contribution is 5.83. The Morgan fingerprint density at radius 1 is 1.15 bits per heavy atom. The molecule has 3 N–H and O–H groups in total. The third-order valence-electron chi connectivity index (χ3n) is 5.55. The number of benzene rings is 1. The molecule has 0 amide bonds. The fraction of sp³-hybridized carbons (Fsp3) is 0.421. The molecule has 1 aliphatic carbocycles. The molecule has 0 spiro atoms. The fourth-order valence-electron chi connectivity index (χ4n) is 4.07. The molecule has 8 nitrogen and oxygen atoms in total. The molecular formula is C19H21N5O3. The fourth-order valence-corrected chi connectivity index (χ4v) is 4.07. The van der Waals surface area contributed by atoms with Gasteiger partial charge in [0.25, 0.3) is 0 Å². The molecule has 2 aromatic heterocycles. The predicted octanol–water partition coefficient (Wildman–Crippen LogP) is 1.56. The zero-order valence-electron chi connectivity index (χ0n) is 14.9. The minimum Gasteiger partial charge on any atom is -0.388 e. The Morgan fingerprint density at radius 3 is 2.81 bits per heavy atom. The second kappa shape index (κ2) is 6.26. The van der Waals surface area contributed by atoms with Crippen LogP contribution in [0.3, 0.4) is 0 Å². The number of nitrogens with one attached hydrogen (secondary N) is 1. The van der Waals surface area contributed by atoms with Crippen LogP contribution in [0.4, 0.5) is 5.82 Å². The number of aryl methyl sites for hydroxylation is 1. The molecule has 5 atom stereocenters. The van der Waals surface area contributed by atoms with Gasteiger partial charge >= 0.3 is 0 Å². The number of aliphatic hydroxyl groups excluding tert-OH is 2. The summed E-state index contributed by atoms with van der Waals surface area (Å²) in [6, 6.07) is 8.59. The monoisotopic (exact) mass is 367 g/mol. The standard InChI is InChI=1S/C19H21N5O3/c1-10-15(25)16(26)19(27-10)24-9-22-14-17(20-8-21-18(14)24)23-13-7-6-11-4-2-3-5-12(11)13/h2-5,8-10,13,15-16,19,25-26H,6-7H2,1H3,(H,20,21,23)/t10-,13+,15-,16+,19-/m1/s1. The lowest BCUT2D eigenvalue weighted by atomic mass is 10.1. The van der Waals surface area contributed by atoms with E-state index in [9.17, 15) is 10.2 Å². The van der Waals surface area contributed by atoms with Crippen molar-refractivity contribution in [2.24, 2.45) is 0 Å². The van der Waals surface area contributed by atoms with Crippen molar-refractivity contribution < 1.29 is 14.9 Å². The molecular weight excluding hydrogens is 346 g/mol. The van der Waals surface area contributed by atoms with Gasteiger partial charge in [0, 0.05) is 0 Å². The van der Waals surface area contributed by atoms with Gasteiger partial charge in [0.2, 0.25) is 0 Å². The van der Waals surface area contributed by atoms with E-state index < -0.39 is 24.5 Å². The summed E-state index contributed by atoms with van der Waals surface area (Å²) in [5.74, 6) is 0.654. The largest absolute Gasteiger partial charge is 0.388 e. The molecule has 0 unspecified atom stereocenters. The molecule has 0 radical (unpaired) electrons. The van der Waals surface area contributed by atoms with Crippen molar-refractivity contribution in [1.29, 1.82) is 0 Å². The highest BCUT2D eigenvalue weighted by Gasteiger charge is 2.42. The van der Waals surface area contributed by atoms with Crippen molar-refractivity contribution in [2.45, 2.75) is 50.3 Å². The molecule has 2 aliphatic rings. The number of anilines is 1. The lowest BCUT2D eigenvalue weighted by molar-refractivity contribution is -0.0299. The van der Waals surface area contributed by atoms with Crippen LogP contribution in [0.25, 0.3) is 11.2 Å². The van der Waals surface area contributed by atoms with Crippen molar-refractivity contribution in [2.75, 3.05) is 5.32 Å². The molecule has 1 saturated heterocycles. The molecule has 140 valence electrons. The zero-order valence-corrected chi connectivity index (χ0v) is 14.9. The van der Waals surface area contributed by atoms with Gasteiger partial charge in [-0.2, -0.15) is 0 Å². The highest BCUT2D eigenvalue weighted by atomic mass is 16.6. The number of ether oxygens (including phenoxy) is 1. The number of nitrogens with zero attached hydrogens (tertiary/aromatic N) is 4. The predicted molar refractivity (Wildman–Crippen MR) is 98.0 cm³/mol. The zero-order chi connectivity index (χ0) is 18.5. The lowest BCUT2D eigenvalue weighted by Gasteiger charge is -2.17. The van der Waals surface area contributed by atoms with E-state index in [1.807, 2.05) is 0 Å². The van der Waals surface area contributed by atoms with E-state index >= 15 is 0 Å². The van der Waals surface area contributed by atoms with Crippen molar-refractivity contribution in [3.8, 4) is 0 Å². The summed E-state index contributed by atoms with van der Waals surface area (Å²) in [6.45, 7) is 1.73. The third kappa shape index (κ3) is 2.60. The maximum atomic E-state index is 10.3. The number of rotatable bonds is 3. The maximum Gasteiger partial charge on any atom is 0.167 e. The molecule has 3 heterocycles. The van der Waals surface area contributed by atoms with Crippen LogP contribution in [0, 0.1) is 0 Å². The van der Waals surface area contributed by atoms with Crippen molar-refractivity contribution in [3.63, 3.8) is 0 Å². The normalized spacial score (nSPS) is 30.0. The van der Waals surface area contributed by atoms with Crippen LogP contribution < -0.4 is 5.32 Å². The SMILES string of the molecule is C[C@H]1O[C@@H](n2cnc3c(N[C@H]4CCc5ccccc54)ncnc32)[C@@H](O)[C@@H]1O. The number of imidazole rings is 1. The smallest absolute Gasteiger partial charge is 0.167 e. The Labute approximate surface area is 155 Å². The lowest BCUT2D eigenvalue weighted by Crippen LogP contribution is -2.30. The van der Waals surface area contributed by atoms with E-state index in [0.717, 1.165) is 12.8 Å². The molecule has 0 bridgehead atoms. The van der Waals surface area contributed by atoms with Gasteiger partial charge < -0.3 is 20.3 Å². The average Bonchev–Trinajstić information content (AvgIpc) is 3.36. The summed E-state index contributed by atoms with van der Waals surface area (Å²) in [5, 5.41) is 23.8. The van der Waals surface area contributed by atoms with Crippen LogP contribution in [-0.4, -0.2) is 48.0 Å². The van der Waals surface area contributed by atoms with Gasteiger partial charge in [-0.1, -0.05) is 24.3 Å². The quantitative estimate of drug-likeness (QED) is 0.645. The number of aromatic nitrogens is 4. The topological polar surface area (TPSA) is 105 Å². The van der Waals surface area contributed by atoms with Crippen LogP contribution >= 0.6 is 0 Å². The number of aliphatic hydroxyl groups is 2. The molecule has 5 rings (SSSR count). The summed E-state index contributed by atoms with van der Waals surface area (Å²) in [7, 11) is 0. The number of hydrogen-bond donors (Lipinski definition) is 3. The van der Waals surface area contributed by atoms with Crippen LogP contribution in [0.2, 0.25) is 0 Å². The molecule has 0 saturated carbocycles. The van der Waals surface area contributed by atoms with Gasteiger partial charge in [-0.15, -0.1) is 0 Å². The molecule has 8 heteroatoms. The Morgan fingerprint density at radius 2 is 2.00 bits per heavy atom. The minimum absolute atomic E-state index is 0.180. The third-order valence-corrected chi connectivity index (χ3v) is 5.55. The Bertz CT molecular complexity index is 990. The Hall–Kier alpha value is -2.55. The minimum atomic E-state index is -1.04. The van der Waals surface area contributed by atoms with Gasteiger partial charge in [-0.25, -0.2) is 15.0 Å². The van der Waals surface area contributed by atoms with Crippen molar-refractivity contribution >= 4 is 17.0 Å². The first-order valence-electron chi connectivity index (χ1n) is 9.17. The van der Waals surface area contributed by atoms with E-state index in [1.165, 1.54) is 17.5 Å². The van der Waals surface area contributed by atoms with Crippen LogP contribution in [0.15, 0.2) is 36.9 Å². The first kappa shape index (κ1) is 16.6. The van der Waals surface area contributed by atoms with Gasteiger partial charge in [0.1, 0.15) is 18.5 Å². The maximum absolute atomic E-state index is 10.3. The van der Waals surface area contributed by atoms with Gasteiger partial charge in [0.15, 0.2) is 23.2 Å². The summed E-state index contributed by atoms with van der Waals surface area (Å²) >= 11 is 0. The van der Waals surface area contributed by atoms with E-state index in [1.54, 1.807) is 17.8 Å². The number of hydrogen-bond acceptors (Lipinski definition) is 7. The Balaban J connectivity index is 1.48. The highest BCUT2D eigenvalue weighted by Crippen LogP contribution is 2.35. The van der Waals surface area contributed by atoms with E-state index in [-0.39, 0.29) is 6.04 Å². The first-order valence-corrected chi connectivity index (χ1v) is 9.17. The number of fused-ring (bicyclic) bond motifs is 2. The molecule has 3 aromatic rings. The van der Waals surface area contributed by atoms with Gasteiger partial charge in [-0.05, 0) is 30.9 Å². The van der Waals surface area contributed by atoms with E-state index in [2.05, 4.69) is 44.5 Å². The summed E-state index contributed by atoms with van der Waals surface area (Å²) in [5.41, 5.74) is 3.82. The van der Waals surface area contributed by atoms with E-state index in [0.29, 0.717) is 17.0 Å². The van der Waals surface area contributed by atoms with Crippen molar-refractivity contribution in [3.05, 3.63) is 48.0 Å². The summed E-state index contributed by atoms with van der Waals surface area (Å²) in [6.07, 6.45) is 1.92. The second-order valence-electron chi connectivity index (χ2n) is 7.19.